The number of halogens is 4. The van der Waals surface area contributed by atoms with E-state index in [1.807, 2.05) is 0 Å². The molecule has 0 fully saturated rings. The predicted molar refractivity (Wildman–Crippen MR) is 71.5 cm³/mol. The molecular formula is C13H6Cl2F2N2. The maximum absolute atomic E-state index is 13.6. The Kier molecular flexibility index (Phi) is 2.92. The van der Waals surface area contributed by atoms with Crippen molar-refractivity contribution in [1.82, 2.24) is 9.97 Å². The van der Waals surface area contributed by atoms with Crippen LogP contribution in [0.2, 0.25) is 10.0 Å². The van der Waals surface area contributed by atoms with Gasteiger partial charge < -0.3 is 4.98 Å². The van der Waals surface area contributed by atoms with E-state index < -0.39 is 11.6 Å². The SMILES string of the molecule is Fc1cc(F)c2nc(-c3c(Cl)cccc3Cl)[nH]c2c1. The summed E-state index contributed by atoms with van der Waals surface area (Å²) in [5, 5.41) is 0.764. The van der Waals surface area contributed by atoms with E-state index in [4.69, 9.17) is 23.2 Å². The Morgan fingerprint density at radius 2 is 1.74 bits per heavy atom. The van der Waals surface area contributed by atoms with E-state index >= 15 is 0 Å². The van der Waals surface area contributed by atoms with E-state index in [0.717, 1.165) is 6.07 Å². The Morgan fingerprint density at radius 3 is 2.42 bits per heavy atom. The molecule has 2 nitrogen and oxygen atoms in total. The summed E-state index contributed by atoms with van der Waals surface area (Å²) in [4.78, 5) is 6.89. The molecule has 1 N–H and O–H groups in total. The van der Waals surface area contributed by atoms with Gasteiger partial charge in [-0.05, 0) is 18.2 Å². The monoisotopic (exact) mass is 298 g/mol. The molecule has 0 unspecified atom stereocenters. The summed E-state index contributed by atoms with van der Waals surface area (Å²) in [5.74, 6) is -1.11. The lowest BCUT2D eigenvalue weighted by molar-refractivity contribution is 0.591. The molecule has 3 rings (SSSR count). The highest BCUT2D eigenvalue weighted by atomic mass is 35.5. The van der Waals surface area contributed by atoms with Crippen LogP contribution in [0.15, 0.2) is 30.3 Å². The van der Waals surface area contributed by atoms with Crippen LogP contribution >= 0.6 is 23.2 Å². The Balaban J connectivity index is 2.30. The van der Waals surface area contributed by atoms with Crippen LogP contribution in [0.3, 0.4) is 0 Å². The Hall–Kier alpha value is -1.65. The standard InChI is InChI=1S/C13H6Cl2F2N2/c14-7-2-1-3-8(15)11(7)13-18-10-5-6(16)4-9(17)12(10)19-13/h1-5H,(H,18,19). The third-order valence-corrected chi connectivity index (χ3v) is 3.33. The summed E-state index contributed by atoms with van der Waals surface area (Å²) < 4.78 is 26.7. The first-order chi connectivity index (χ1) is 9.06. The van der Waals surface area contributed by atoms with Gasteiger partial charge in [0.2, 0.25) is 0 Å². The average molecular weight is 299 g/mol. The van der Waals surface area contributed by atoms with Gasteiger partial charge in [-0.3, -0.25) is 0 Å². The van der Waals surface area contributed by atoms with Crippen molar-refractivity contribution in [2.75, 3.05) is 0 Å². The van der Waals surface area contributed by atoms with Crippen LogP contribution in [0.5, 0.6) is 0 Å². The number of fused-ring (bicyclic) bond motifs is 1. The first-order valence-corrected chi connectivity index (χ1v) is 6.11. The van der Waals surface area contributed by atoms with Crippen LogP contribution in [-0.4, -0.2) is 9.97 Å². The molecule has 3 aromatic rings. The summed E-state index contributed by atoms with van der Waals surface area (Å²) >= 11 is 12.1. The molecule has 0 atom stereocenters. The molecule has 1 heterocycles. The molecular weight excluding hydrogens is 293 g/mol. The van der Waals surface area contributed by atoms with Crippen molar-refractivity contribution in [2.45, 2.75) is 0 Å². The first kappa shape index (κ1) is 12.4. The minimum atomic E-state index is -0.735. The van der Waals surface area contributed by atoms with Crippen molar-refractivity contribution in [2.24, 2.45) is 0 Å². The van der Waals surface area contributed by atoms with Crippen molar-refractivity contribution >= 4 is 34.2 Å². The fraction of sp³-hybridized carbons (Fsp3) is 0. The topological polar surface area (TPSA) is 28.7 Å². The second-order valence-corrected chi connectivity index (χ2v) is 4.78. The highest BCUT2D eigenvalue weighted by Crippen LogP contribution is 2.34. The zero-order valence-corrected chi connectivity index (χ0v) is 10.9. The molecule has 0 saturated carbocycles. The lowest BCUT2D eigenvalue weighted by Gasteiger charge is -2.02. The van der Waals surface area contributed by atoms with Gasteiger partial charge in [0.25, 0.3) is 0 Å². The van der Waals surface area contributed by atoms with Crippen LogP contribution in [0.1, 0.15) is 0 Å². The fourth-order valence-corrected chi connectivity index (χ4v) is 2.46. The van der Waals surface area contributed by atoms with Crippen molar-refractivity contribution in [3.63, 3.8) is 0 Å². The van der Waals surface area contributed by atoms with E-state index in [1.165, 1.54) is 6.07 Å². The lowest BCUT2D eigenvalue weighted by Crippen LogP contribution is -1.83. The Labute approximate surface area is 117 Å². The van der Waals surface area contributed by atoms with Crippen LogP contribution in [0.25, 0.3) is 22.4 Å². The summed E-state index contributed by atoms with van der Waals surface area (Å²) in [7, 11) is 0. The van der Waals surface area contributed by atoms with Crippen molar-refractivity contribution in [1.29, 1.82) is 0 Å². The largest absolute Gasteiger partial charge is 0.338 e. The molecule has 1 aromatic heterocycles. The number of aromatic nitrogens is 2. The number of hydrogen-bond acceptors (Lipinski definition) is 1. The van der Waals surface area contributed by atoms with Crippen LogP contribution in [0, 0.1) is 11.6 Å². The molecule has 0 bridgehead atoms. The van der Waals surface area contributed by atoms with Crippen LogP contribution in [0.4, 0.5) is 8.78 Å². The molecule has 0 spiro atoms. The molecule has 96 valence electrons. The van der Waals surface area contributed by atoms with E-state index in [-0.39, 0.29) is 11.0 Å². The normalized spacial score (nSPS) is 11.2. The molecule has 0 aliphatic heterocycles. The number of imidazole rings is 1. The zero-order valence-electron chi connectivity index (χ0n) is 9.35. The smallest absolute Gasteiger partial charge is 0.153 e. The predicted octanol–water partition coefficient (Wildman–Crippen LogP) is 4.81. The molecule has 0 amide bonds. The number of nitrogens with zero attached hydrogens (tertiary/aromatic N) is 1. The van der Waals surface area contributed by atoms with Gasteiger partial charge in [0, 0.05) is 6.07 Å². The molecule has 0 saturated heterocycles. The number of benzene rings is 2. The second-order valence-electron chi connectivity index (χ2n) is 3.97. The Bertz CT molecular complexity index is 763. The van der Waals surface area contributed by atoms with Gasteiger partial charge in [-0.2, -0.15) is 0 Å². The molecule has 19 heavy (non-hydrogen) atoms. The van der Waals surface area contributed by atoms with Crippen molar-refractivity contribution in [3.05, 3.63) is 52.0 Å². The van der Waals surface area contributed by atoms with E-state index in [1.54, 1.807) is 18.2 Å². The highest BCUT2D eigenvalue weighted by Gasteiger charge is 2.15. The minimum absolute atomic E-state index is 0.0485. The maximum atomic E-state index is 13.6. The first-order valence-electron chi connectivity index (χ1n) is 5.35. The van der Waals surface area contributed by atoms with Gasteiger partial charge in [0.1, 0.15) is 17.2 Å². The number of H-pyrrole nitrogens is 1. The lowest BCUT2D eigenvalue weighted by atomic mass is 10.2. The van der Waals surface area contributed by atoms with Crippen molar-refractivity contribution in [3.8, 4) is 11.4 Å². The van der Waals surface area contributed by atoms with Gasteiger partial charge >= 0.3 is 0 Å². The Morgan fingerprint density at radius 1 is 1.05 bits per heavy atom. The molecule has 0 aliphatic rings. The maximum Gasteiger partial charge on any atom is 0.153 e. The summed E-state index contributed by atoms with van der Waals surface area (Å²) in [6, 6.07) is 6.93. The minimum Gasteiger partial charge on any atom is -0.338 e. The van der Waals surface area contributed by atoms with E-state index in [0.29, 0.717) is 21.4 Å². The van der Waals surface area contributed by atoms with Gasteiger partial charge in [-0.25, -0.2) is 13.8 Å². The molecule has 6 heteroatoms. The number of nitrogens with one attached hydrogen (secondary N) is 1. The third kappa shape index (κ3) is 2.07. The summed E-state index contributed by atoms with van der Waals surface area (Å²) in [5.41, 5.74) is 0.762. The zero-order chi connectivity index (χ0) is 13.6. The van der Waals surface area contributed by atoms with Crippen LogP contribution in [-0.2, 0) is 0 Å². The summed E-state index contributed by atoms with van der Waals surface area (Å²) in [6.45, 7) is 0. The van der Waals surface area contributed by atoms with Gasteiger partial charge in [0.05, 0.1) is 21.1 Å². The highest BCUT2D eigenvalue weighted by molar-refractivity contribution is 6.39. The van der Waals surface area contributed by atoms with Gasteiger partial charge in [-0.15, -0.1) is 0 Å². The molecule has 0 radical (unpaired) electrons. The van der Waals surface area contributed by atoms with Gasteiger partial charge in [-0.1, -0.05) is 29.3 Å². The number of rotatable bonds is 1. The van der Waals surface area contributed by atoms with Crippen molar-refractivity contribution < 1.29 is 8.78 Å². The number of hydrogen-bond donors (Lipinski definition) is 1. The number of aromatic amines is 1. The third-order valence-electron chi connectivity index (χ3n) is 2.70. The van der Waals surface area contributed by atoms with Crippen LogP contribution < -0.4 is 0 Å². The van der Waals surface area contributed by atoms with Gasteiger partial charge in [0.15, 0.2) is 5.82 Å². The average Bonchev–Trinajstić information content (AvgIpc) is 2.72. The van der Waals surface area contributed by atoms with E-state index in [9.17, 15) is 8.78 Å². The second kappa shape index (κ2) is 4.47. The molecule has 2 aromatic carbocycles. The quantitative estimate of drug-likeness (QED) is 0.686. The molecule has 0 aliphatic carbocycles. The fourth-order valence-electron chi connectivity index (χ4n) is 1.88. The van der Waals surface area contributed by atoms with E-state index in [2.05, 4.69) is 9.97 Å². The summed E-state index contributed by atoms with van der Waals surface area (Å²) in [6.07, 6.45) is 0.